The zero-order valence-electron chi connectivity index (χ0n) is 9.56. The van der Waals surface area contributed by atoms with Crippen LogP contribution in [0.1, 0.15) is 24.8 Å². The number of rotatable bonds is 4. The molecule has 0 aliphatic heterocycles. The van der Waals surface area contributed by atoms with Crippen LogP contribution in [-0.4, -0.2) is 24.3 Å². The number of hydrogen-bond donors (Lipinski definition) is 1. The van der Waals surface area contributed by atoms with Gasteiger partial charge in [-0.25, -0.2) is 0 Å². The van der Waals surface area contributed by atoms with E-state index in [9.17, 15) is 5.26 Å². The van der Waals surface area contributed by atoms with E-state index in [1.165, 1.54) is 6.42 Å². The Morgan fingerprint density at radius 3 is 2.76 bits per heavy atom. The SMILES string of the molecule is N#Cc1c(Br)cccc1N(CCO)C1CCC1. The van der Waals surface area contributed by atoms with Crippen LogP contribution in [0.5, 0.6) is 0 Å². The maximum Gasteiger partial charge on any atom is 0.103 e. The normalized spacial score (nSPS) is 15.1. The summed E-state index contributed by atoms with van der Waals surface area (Å²) < 4.78 is 0.819. The minimum atomic E-state index is 0.119. The summed E-state index contributed by atoms with van der Waals surface area (Å²) in [6.45, 7) is 0.712. The Kier molecular flexibility index (Phi) is 4.03. The Bertz CT molecular complexity index is 438. The van der Waals surface area contributed by atoms with Crippen molar-refractivity contribution in [2.45, 2.75) is 25.3 Å². The van der Waals surface area contributed by atoms with Gasteiger partial charge in [-0.05, 0) is 47.3 Å². The molecule has 1 N–H and O–H groups in total. The first-order valence-corrected chi connectivity index (χ1v) is 6.63. The van der Waals surface area contributed by atoms with E-state index in [0.29, 0.717) is 18.2 Å². The highest BCUT2D eigenvalue weighted by Crippen LogP contribution is 2.33. The predicted octanol–water partition coefficient (Wildman–Crippen LogP) is 2.67. The fraction of sp³-hybridized carbons (Fsp3) is 0.462. The third-order valence-electron chi connectivity index (χ3n) is 3.27. The minimum Gasteiger partial charge on any atom is -0.395 e. The van der Waals surface area contributed by atoms with E-state index in [2.05, 4.69) is 26.9 Å². The molecule has 0 amide bonds. The Morgan fingerprint density at radius 2 is 2.24 bits per heavy atom. The van der Waals surface area contributed by atoms with Crippen molar-refractivity contribution in [3.63, 3.8) is 0 Å². The van der Waals surface area contributed by atoms with Gasteiger partial charge in [-0.3, -0.25) is 0 Å². The Hall–Kier alpha value is -1.05. The van der Waals surface area contributed by atoms with E-state index in [0.717, 1.165) is 23.0 Å². The van der Waals surface area contributed by atoms with Gasteiger partial charge in [0, 0.05) is 17.1 Å². The smallest absolute Gasteiger partial charge is 0.103 e. The van der Waals surface area contributed by atoms with E-state index < -0.39 is 0 Å². The summed E-state index contributed by atoms with van der Waals surface area (Å²) >= 11 is 3.40. The Labute approximate surface area is 110 Å². The number of benzene rings is 1. The summed E-state index contributed by atoms with van der Waals surface area (Å²) in [6.07, 6.45) is 3.54. The first-order chi connectivity index (χ1) is 8.27. The zero-order chi connectivity index (χ0) is 12.3. The molecule has 0 unspecified atom stereocenters. The third kappa shape index (κ3) is 2.46. The summed E-state index contributed by atoms with van der Waals surface area (Å²) in [5.74, 6) is 0. The van der Waals surface area contributed by atoms with Gasteiger partial charge in [-0.1, -0.05) is 6.07 Å². The molecule has 3 nitrogen and oxygen atoms in total. The number of hydrogen-bond acceptors (Lipinski definition) is 3. The molecule has 0 radical (unpaired) electrons. The third-order valence-corrected chi connectivity index (χ3v) is 3.93. The molecule has 0 heterocycles. The second-order valence-electron chi connectivity index (χ2n) is 4.25. The van der Waals surface area contributed by atoms with E-state index in [4.69, 9.17) is 5.11 Å². The highest BCUT2D eigenvalue weighted by atomic mass is 79.9. The van der Waals surface area contributed by atoms with Crippen LogP contribution >= 0.6 is 15.9 Å². The molecule has 1 aliphatic rings. The molecule has 0 bridgehead atoms. The van der Waals surface area contributed by atoms with Crippen molar-refractivity contribution in [1.82, 2.24) is 0 Å². The van der Waals surface area contributed by atoms with Gasteiger partial charge in [0.1, 0.15) is 6.07 Å². The molecule has 1 aromatic carbocycles. The van der Waals surface area contributed by atoms with E-state index in [1.54, 1.807) is 0 Å². The van der Waals surface area contributed by atoms with E-state index in [1.807, 2.05) is 18.2 Å². The van der Waals surface area contributed by atoms with Crippen LogP contribution in [0, 0.1) is 11.3 Å². The van der Waals surface area contributed by atoms with Crippen LogP contribution in [-0.2, 0) is 0 Å². The standard InChI is InChI=1S/C13H15BrN2O/c14-12-5-2-6-13(11(12)9-15)16(7-8-17)10-3-1-4-10/h2,5-6,10,17H,1,3-4,7-8H2. The van der Waals surface area contributed by atoms with Gasteiger partial charge in [0.05, 0.1) is 17.9 Å². The largest absolute Gasteiger partial charge is 0.395 e. The fourth-order valence-electron chi connectivity index (χ4n) is 2.17. The lowest BCUT2D eigenvalue weighted by Crippen LogP contribution is -2.42. The number of halogens is 1. The number of aliphatic hydroxyl groups is 1. The van der Waals surface area contributed by atoms with Crippen LogP contribution in [0.2, 0.25) is 0 Å². The molecule has 0 saturated heterocycles. The van der Waals surface area contributed by atoms with Crippen molar-refractivity contribution in [2.75, 3.05) is 18.1 Å². The molecule has 90 valence electrons. The van der Waals surface area contributed by atoms with Gasteiger partial charge >= 0.3 is 0 Å². The molecule has 1 saturated carbocycles. The molecule has 1 aromatic rings. The van der Waals surface area contributed by atoms with Gasteiger partial charge in [0.25, 0.3) is 0 Å². The van der Waals surface area contributed by atoms with E-state index in [-0.39, 0.29) is 6.61 Å². The molecular weight excluding hydrogens is 280 g/mol. The monoisotopic (exact) mass is 294 g/mol. The van der Waals surface area contributed by atoms with Gasteiger partial charge in [0.15, 0.2) is 0 Å². The highest BCUT2D eigenvalue weighted by molar-refractivity contribution is 9.10. The molecule has 0 spiro atoms. The topological polar surface area (TPSA) is 47.3 Å². The maximum absolute atomic E-state index is 9.22. The lowest BCUT2D eigenvalue weighted by atomic mass is 9.90. The molecule has 0 aromatic heterocycles. The summed E-state index contributed by atoms with van der Waals surface area (Å²) in [5.41, 5.74) is 1.59. The molecule has 1 fully saturated rings. The average Bonchev–Trinajstić information content (AvgIpc) is 2.26. The van der Waals surface area contributed by atoms with Crippen molar-refractivity contribution >= 4 is 21.6 Å². The van der Waals surface area contributed by atoms with E-state index >= 15 is 0 Å². The van der Waals surface area contributed by atoms with Crippen molar-refractivity contribution in [3.8, 4) is 6.07 Å². The van der Waals surface area contributed by atoms with Crippen molar-refractivity contribution in [1.29, 1.82) is 5.26 Å². The summed E-state index contributed by atoms with van der Waals surface area (Å²) in [6, 6.07) is 8.48. The molecular formula is C13H15BrN2O. The fourth-order valence-corrected chi connectivity index (χ4v) is 2.61. The van der Waals surface area contributed by atoms with Crippen LogP contribution in [0.3, 0.4) is 0 Å². The molecule has 0 atom stereocenters. The second-order valence-corrected chi connectivity index (χ2v) is 5.10. The van der Waals surface area contributed by atoms with Gasteiger partial charge in [0.2, 0.25) is 0 Å². The van der Waals surface area contributed by atoms with Gasteiger partial charge < -0.3 is 10.0 Å². The van der Waals surface area contributed by atoms with Crippen molar-refractivity contribution in [3.05, 3.63) is 28.2 Å². The van der Waals surface area contributed by atoms with Gasteiger partial charge in [-0.2, -0.15) is 5.26 Å². The second kappa shape index (κ2) is 5.52. The number of anilines is 1. The molecule has 2 rings (SSSR count). The van der Waals surface area contributed by atoms with Crippen molar-refractivity contribution < 1.29 is 5.11 Å². The summed E-state index contributed by atoms with van der Waals surface area (Å²) in [4.78, 5) is 2.16. The van der Waals surface area contributed by atoms with Crippen LogP contribution in [0.25, 0.3) is 0 Å². The molecule has 17 heavy (non-hydrogen) atoms. The predicted molar refractivity (Wildman–Crippen MR) is 70.9 cm³/mol. The lowest BCUT2D eigenvalue weighted by molar-refractivity contribution is 0.283. The van der Waals surface area contributed by atoms with Crippen molar-refractivity contribution in [2.24, 2.45) is 0 Å². The maximum atomic E-state index is 9.22. The van der Waals surface area contributed by atoms with Crippen LogP contribution in [0.4, 0.5) is 5.69 Å². The number of nitriles is 1. The number of nitrogens with zero attached hydrogens (tertiary/aromatic N) is 2. The van der Waals surface area contributed by atoms with Gasteiger partial charge in [-0.15, -0.1) is 0 Å². The van der Waals surface area contributed by atoms with Crippen LogP contribution < -0.4 is 4.90 Å². The van der Waals surface area contributed by atoms with Crippen LogP contribution in [0.15, 0.2) is 22.7 Å². The first kappa shape index (κ1) is 12.4. The average molecular weight is 295 g/mol. The summed E-state index contributed by atoms with van der Waals surface area (Å²) in [7, 11) is 0. The molecule has 4 heteroatoms. The number of aliphatic hydroxyl groups excluding tert-OH is 1. The zero-order valence-corrected chi connectivity index (χ0v) is 11.2. The summed E-state index contributed by atoms with van der Waals surface area (Å²) in [5, 5.41) is 18.4. The minimum absolute atomic E-state index is 0.119. The quantitative estimate of drug-likeness (QED) is 0.929. The lowest BCUT2D eigenvalue weighted by Gasteiger charge is -2.39. The Balaban J connectivity index is 2.35. The highest BCUT2D eigenvalue weighted by Gasteiger charge is 2.26. The molecule has 1 aliphatic carbocycles. The Morgan fingerprint density at radius 1 is 1.47 bits per heavy atom. The first-order valence-electron chi connectivity index (χ1n) is 5.84.